The highest BCUT2D eigenvalue weighted by Gasteiger charge is 2.28. The number of aliphatic hydroxyl groups is 1. The molecule has 2 aromatic carbocycles. The number of rotatable bonds is 10. The first-order valence-corrected chi connectivity index (χ1v) is 16.6. The Morgan fingerprint density at radius 3 is 2.36 bits per heavy atom. The van der Waals surface area contributed by atoms with E-state index < -0.39 is 10.0 Å². The number of ether oxygens (including phenoxy) is 2. The van der Waals surface area contributed by atoms with E-state index in [9.17, 15) is 13.5 Å². The van der Waals surface area contributed by atoms with Crippen molar-refractivity contribution in [2.75, 3.05) is 40.5 Å². The van der Waals surface area contributed by atoms with Crippen molar-refractivity contribution in [2.24, 2.45) is 5.92 Å². The van der Waals surface area contributed by atoms with E-state index in [0.717, 1.165) is 55.4 Å². The summed E-state index contributed by atoms with van der Waals surface area (Å²) < 4.78 is 43.4. The van der Waals surface area contributed by atoms with Gasteiger partial charge in [-0.25, -0.2) is 17.4 Å². The number of hydrogen-bond donors (Lipinski definition) is 1. The minimum atomic E-state index is -4.06. The Hall–Kier alpha value is -3.57. The molecule has 1 aliphatic heterocycles. The van der Waals surface area contributed by atoms with Crippen LogP contribution in [-0.4, -0.2) is 72.4 Å². The lowest BCUT2D eigenvalue weighted by Crippen LogP contribution is -2.36. The van der Waals surface area contributed by atoms with Gasteiger partial charge >= 0.3 is 0 Å². The molecule has 9 nitrogen and oxygen atoms in total. The van der Waals surface area contributed by atoms with E-state index in [1.807, 2.05) is 25.3 Å². The number of pyridine rings is 1. The number of aromatic nitrogens is 3. The SMILES string of the molecule is COc1cc2c(-c3cc4c(Cl)ccnc4n3S(=O)(=O)c3ccc(C)cc3)cn(CCN3CCC(CCO)CC3)c2cc1OC. The molecule has 1 fully saturated rings. The van der Waals surface area contributed by atoms with Crippen LogP contribution in [0.4, 0.5) is 0 Å². The number of methoxy groups -OCH3 is 2. The topological polar surface area (TPSA) is 98.8 Å². The highest BCUT2D eigenvalue weighted by Crippen LogP contribution is 2.42. The van der Waals surface area contributed by atoms with Crippen LogP contribution in [0.3, 0.4) is 0 Å². The number of benzene rings is 2. The second kappa shape index (κ2) is 12.4. The normalized spacial score (nSPS) is 14.9. The molecule has 0 amide bonds. The number of halogens is 1. The molecule has 11 heteroatoms. The largest absolute Gasteiger partial charge is 0.493 e. The van der Waals surface area contributed by atoms with Crippen molar-refractivity contribution in [2.45, 2.75) is 37.6 Å². The maximum Gasteiger partial charge on any atom is 0.269 e. The summed E-state index contributed by atoms with van der Waals surface area (Å²) in [7, 11) is -0.866. The summed E-state index contributed by atoms with van der Waals surface area (Å²) in [5.74, 6) is 1.71. The van der Waals surface area contributed by atoms with Crippen molar-refractivity contribution in [3.8, 4) is 22.8 Å². The second-order valence-corrected chi connectivity index (χ2v) is 13.6. The van der Waals surface area contributed by atoms with E-state index in [0.29, 0.717) is 45.6 Å². The lowest BCUT2D eigenvalue weighted by atomic mass is 9.94. The zero-order chi connectivity index (χ0) is 31.0. The number of hydrogen-bond acceptors (Lipinski definition) is 7. The van der Waals surface area contributed by atoms with Gasteiger partial charge in [0.05, 0.1) is 35.3 Å². The van der Waals surface area contributed by atoms with Crippen molar-refractivity contribution in [1.29, 1.82) is 0 Å². The van der Waals surface area contributed by atoms with Crippen molar-refractivity contribution in [1.82, 2.24) is 18.4 Å². The summed E-state index contributed by atoms with van der Waals surface area (Å²) in [6.07, 6.45) is 6.54. The van der Waals surface area contributed by atoms with Crippen LogP contribution in [0.5, 0.6) is 11.5 Å². The Kier molecular flexibility index (Phi) is 8.61. The van der Waals surface area contributed by atoms with Crippen LogP contribution in [0.1, 0.15) is 24.8 Å². The molecule has 0 saturated carbocycles. The molecule has 1 N–H and O–H groups in total. The number of aliphatic hydroxyl groups excluding tert-OH is 1. The fourth-order valence-corrected chi connectivity index (χ4v) is 7.90. The summed E-state index contributed by atoms with van der Waals surface area (Å²) in [6, 6.07) is 14.1. The molecule has 4 heterocycles. The number of aryl methyl sites for hydroxylation is 1. The summed E-state index contributed by atoms with van der Waals surface area (Å²) >= 11 is 6.61. The van der Waals surface area contributed by atoms with Crippen molar-refractivity contribution in [3.63, 3.8) is 0 Å². The van der Waals surface area contributed by atoms with Crippen LogP contribution >= 0.6 is 11.6 Å². The lowest BCUT2D eigenvalue weighted by Gasteiger charge is -2.31. The summed E-state index contributed by atoms with van der Waals surface area (Å²) in [6.45, 7) is 5.66. The van der Waals surface area contributed by atoms with Crippen molar-refractivity contribution in [3.05, 3.63) is 71.5 Å². The van der Waals surface area contributed by atoms with Gasteiger partial charge in [-0.1, -0.05) is 29.3 Å². The zero-order valence-corrected chi connectivity index (χ0v) is 26.7. The summed E-state index contributed by atoms with van der Waals surface area (Å²) in [5.41, 5.74) is 3.30. The van der Waals surface area contributed by atoms with Gasteiger partial charge in [0.1, 0.15) is 0 Å². The van der Waals surface area contributed by atoms with Gasteiger partial charge in [0.2, 0.25) is 0 Å². The van der Waals surface area contributed by atoms with E-state index >= 15 is 0 Å². The standard InChI is InChI=1S/C33H37ClN4O5S/c1-22-4-6-24(7-5-22)44(40,41)38-30(18-26-28(34)8-12-35-33(26)38)27-21-37(16-15-36-13-9-23(10-14-36)11-17-39)29-20-32(43-3)31(42-2)19-25(27)29/h4-8,12,18-21,23,39H,9-11,13-17H2,1-3H3. The van der Waals surface area contributed by atoms with Gasteiger partial charge in [-0.3, -0.25) is 0 Å². The molecule has 6 rings (SSSR count). The fourth-order valence-electron chi connectivity index (χ4n) is 6.23. The van der Waals surface area contributed by atoms with Gasteiger partial charge in [-0.05, 0) is 75.5 Å². The van der Waals surface area contributed by atoms with E-state index in [1.54, 1.807) is 50.6 Å². The molecular formula is C33H37ClN4O5S. The van der Waals surface area contributed by atoms with E-state index in [4.69, 9.17) is 21.1 Å². The van der Waals surface area contributed by atoms with Crippen molar-refractivity contribution >= 4 is 43.6 Å². The van der Waals surface area contributed by atoms with Gasteiger partial charge in [-0.2, -0.15) is 0 Å². The van der Waals surface area contributed by atoms with Crippen LogP contribution in [0.25, 0.3) is 33.2 Å². The van der Waals surface area contributed by atoms with E-state index in [1.165, 1.54) is 10.2 Å². The van der Waals surface area contributed by atoms with E-state index in [2.05, 4.69) is 14.5 Å². The molecule has 0 unspecified atom stereocenters. The predicted octanol–water partition coefficient (Wildman–Crippen LogP) is 5.97. The third kappa shape index (κ3) is 5.56. The van der Waals surface area contributed by atoms with Crippen LogP contribution < -0.4 is 9.47 Å². The lowest BCUT2D eigenvalue weighted by molar-refractivity contribution is 0.155. The molecule has 44 heavy (non-hydrogen) atoms. The molecule has 0 spiro atoms. The third-order valence-electron chi connectivity index (χ3n) is 8.73. The smallest absolute Gasteiger partial charge is 0.269 e. The minimum absolute atomic E-state index is 0.163. The molecule has 0 aliphatic carbocycles. The number of likely N-dealkylation sites (tertiary alicyclic amines) is 1. The number of piperidine rings is 1. The molecule has 1 saturated heterocycles. The van der Waals surface area contributed by atoms with Gasteiger partial charge in [0.15, 0.2) is 17.1 Å². The van der Waals surface area contributed by atoms with E-state index in [-0.39, 0.29) is 17.1 Å². The van der Waals surface area contributed by atoms with Crippen LogP contribution in [0.15, 0.2) is 65.8 Å². The fraction of sp³-hybridized carbons (Fsp3) is 0.364. The summed E-state index contributed by atoms with van der Waals surface area (Å²) in [5, 5.41) is 11.1. The first kappa shape index (κ1) is 30.5. The second-order valence-electron chi connectivity index (χ2n) is 11.4. The van der Waals surface area contributed by atoms with Crippen LogP contribution in [-0.2, 0) is 16.6 Å². The predicted molar refractivity (Wildman–Crippen MR) is 173 cm³/mol. The number of fused-ring (bicyclic) bond motifs is 2. The highest BCUT2D eigenvalue weighted by atomic mass is 35.5. The van der Waals surface area contributed by atoms with Gasteiger partial charge in [0, 0.05) is 54.5 Å². The first-order chi connectivity index (χ1) is 21.2. The van der Waals surface area contributed by atoms with Gasteiger partial charge in [0.25, 0.3) is 10.0 Å². The number of nitrogens with zero attached hydrogens (tertiary/aromatic N) is 4. The van der Waals surface area contributed by atoms with Gasteiger partial charge < -0.3 is 24.0 Å². The third-order valence-corrected chi connectivity index (χ3v) is 10.8. The Bertz CT molecular complexity index is 1910. The monoisotopic (exact) mass is 636 g/mol. The maximum absolute atomic E-state index is 14.3. The highest BCUT2D eigenvalue weighted by molar-refractivity contribution is 7.90. The minimum Gasteiger partial charge on any atom is -0.493 e. The Balaban J connectivity index is 1.50. The zero-order valence-electron chi connectivity index (χ0n) is 25.2. The average Bonchev–Trinajstić information content (AvgIpc) is 3.59. The Morgan fingerprint density at radius 2 is 1.68 bits per heavy atom. The Morgan fingerprint density at radius 1 is 0.977 bits per heavy atom. The van der Waals surface area contributed by atoms with Gasteiger partial charge in [-0.15, -0.1) is 0 Å². The molecule has 0 bridgehead atoms. The van der Waals surface area contributed by atoms with Crippen molar-refractivity contribution < 1.29 is 23.0 Å². The molecule has 0 atom stereocenters. The maximum atomic E-state index is 14.3. The molecule has 1 aliphatic rings. The Labute approximate surface area is 262 Å². The first-order valence-electron chi connectivity index (χ1n) is 14.8. The molecule has 232 valence electrons. The van der Waals surface area contributed by atoms with Crippen LogP contribution in [0, 0.1) is 12.8 Å². The average molecular weight is 637 g/mol. The van der Waals surface area contributed by atoms with Crippen LogP contribution in [0.2, 0.25) is 5.02 Å². The molecule has 0 radical (unpaired) electrons. The molecular weight excluding hydrogens is 600 g/mol. The molecule has 5 aromatic rings. The molecule has 3 aromatic heterocycles. The summed E-state index contributed by atoms with van der Waals surface area (Å²) in [4.78, 5) is 7.10. The quantitative estimate of drug-likeness (QED) is 0.202.